The van der Waals surface area contributed by atoms with E-state index in [1.165, 1.54) is 26.6 Å². The summed E-state index contributed by atoms with van der Waals surface area (Å²) in [6.45, 7) is 0. The molecule has 0 bridgehead atoms. The van der Waals surface area contributed by atoms with Crippen molar-refractivity contribution in [3.05, 3.63) is 72.8 Å². The predicted octanol–water partition coefficient (Wildman–Crippen LogP) is 3.83. The standard InChI is InChI=1S/C24H20N6O6/c1-35-19-7-13(3-5-15(19)29-17-9-25-11-27-21(17)23(31)32)14-4-6-16(20(8-14)36-2)30-18-10-26-12-28-22(18)24(33)34/h3-12,29-30H,1-2H3,(H,31,32)(H,33,34). The van der Waals surface area contributed by atoms with Gasteiger partial charge in [0.15, 0.2) is 11.4 Å². The molecule has 2 heterocycles. The topological polar surface area (TPSA) is 169 Å². The Bertz CT molecular complexity index is 1340. The molecule has 36 heavy (non-hydrogen) atoms. The van der Waals surface area contributed by atoms with Gasteiger partial charge in [-0.25, -0.2) is 29.5 Å². The molecule has 0 saturated heterocycles. The van der Waals surface area contributed by atoms with Gasteiger partial charge in [-0.05, 0) is 35.4 Å². The SMILES string of the molecule is COc1cc(-c2ccc(Nc3cncnc3C(=O)O)c(OC)c2)ccc1Nc1cncnc1C(=O)O. The van der Waals surface area contributed by atoms with E-state index in [1.807, 2.05) is 12.1 Å². The Hall–Kier alpha value is -5.26. The van der Waals surface area contributed by atoms with Gasteiger partial charge >= 0.3 is 11.9 Å². The number of carboxylic acid groups (broad SMARTS) is 2. The molecule has 0 amide bonds. The minimum absolute atomic E-state index is 0.168. The van der Waals surface area contributed by atoms with Crippen LogP contribution in [0.3, 0.4) is 0 Å². The van der Waals surface area contributed by atoms with Crippen molar-refractivity contribution in [1.82, 2.24) is 19.9 Å². The van der Waals surface area contributed by atoms with Gasteiger partial charge in [-0.1, -0.05) is 12.1 Å². The Labute approximate surface area is 204 Å². The molecule has 4 aromatic rings. The fourth-order valence-electron chi connectivity index (χ4n) is 3.42. The first-order valence-corrected chi connectivity index (χ1v) is 10.4. The molecule has 2 aromatic carbocycles. The molecule has 0 spiro atoms. The summed E-state index contributed by atoms with van der Waals surface area (Å²) in [5, 5.41) is 24.7. The van der Waals surface area contributed by atoms with Gasteiger partial charge in [0.1, 0.15) is 24.2 Å². The van der Waals surface area contributed by atoms with E-state index in [0.717, 1.165) is 23.8 Å². The number of aromatic carboxylic acids is 2. The largest absolute Gasteiger partial charge is 0.495 e. The lowest BCUT2D eigenvalue weighted by atomic mass is 10.0. The van der Waals surface area contributed by atoms with Gasteiger partial charge in [0, 0.05) is 0 Å². The van der Waals surface area contributed by atoms with Gasteiger partial charge < -0.3 is 30.3 Å². The molecule has 0 radical (unpaired) electrons. The summed E-state index contributed by atoms with van der Waals surface area (Å²) in [7, 11) is 3.00. The Kier molecular flexibility index (Phi) is 6.86. The van der Waals surface area contributed by atoms with Crippen molar-refractivity contribution in [1.29, 1.82) is 0 Å². The number of aromatic nitrogens is 4. The minimum atomic E-state index is -1.19. The number of nitrogens with zero attached hydrogens (tertiary/aromatic N) is 4. The summed E-state index contributed by atoms with van der Waals surface area (Å²) in [4.78, 5) is 38.2. The summed E-state index contributed by atoms with van der Waals surface area (Å²) in [6.07, 6.45) is 5.06. The molecular formula is C24H20N6O6. The maximum absolute atomic E-state index is 11.4. The first-order valence-electron chi connectivity index (χ1n) is 10.4. The maximum Gasteiger partial charge on any atom is 0.356 e. The average molecular weight is 488 g/mol. The molecule has 12 nitrogen and oxygen atoms in total. The quantitative estimate of drug-likeness (QED) is 0.269. The molecule has 4 N–H and O–H groups in total. The molecule has 182 valence electrons. The zero-order chi connectivity index (χ0) is 25.7. The minimum Gasteiger partial charge on any atom is -0.495 e. The fraction of sp³-hybridized carbons (Fsp3) is 0.0833. The number of hydrogen-bond acceptors (Lipinski definition) is 10. The zero-order valence-corrected chi connectivity index (χ0v) is 19.1. The van der Waals surface area contributed by atoms with Crippen molar-refractivity contribution in [2.45, 2.75) is 0 Å². The monoisotopic (exact) mass is 488 g/mol. The van der Waals surface area contributed by atoms with E-state index in [2.05, 4.69) is 30.6 Å². The van der Waals surface area contributed by atoms with Crippen molar-refractivity contribution in [2.75, 3.05) is 24.9 Å². The number of carboxylic acids is 2. The van der Waals surface area contributed by atoms with Crippen molar-refractivity contribution in [2.24, 2.45) is 0 Å². The molecule has 0 aliphatic heterocycles. The molecule has 0 atom stereocenters. The maximum atomic E-state index is 11.4. The number of benzene rings is 2. The van der Waals surface area contributed by atoms with E-state index < -0.39 is 11.9 Å². The van der Waals surface area contributed by atoms with Gasteiger partial charge in [0.05, 0.1) is 49.4 Å². The molecule has 0 aliphatic carbocycles. The van der Waals surface area contributed by atoms with E-state index >= 15 is 0 Å². The lowest BCUT2D eigenvalue weighted by Gasteiger charge is -2.16. The zero-order valence-electron chi connectivity index (χ0n) is 19.1. The second-order valence-electron chi connectivity index (χ2n) is 7.26. The molecular weight excluding hydrogens is 468 g/mol. The van der Waals surface area contributed by atoms with E-state index in [1.54, 1.807) is 24.3 Å². The highest BCUT2D eigenvalue weighted by molar-refractivity contribution is 5.94. The highest BCUT2D eigenvalue weighted by atomic mass is 16.5. The molecule has 4 rings (SSSR count). The van der Waals surface area contributed by atoms with Crippen LogP contribution >= 0.6 is 0 Å². The van der Waals surface area contributed by atoms with Crippen LogP contribution in [-0.4, -0.2) is 56.3 Å². The second kappa shape index (κ2) is 10.3. The molecule has 0 saturated carbocycles. The number of anilines is 4. The fourth-order valence-corrected chi connectivity index (χ4v) is 3.42. The average Bonchev–Trinajstić information content (AvgIpc) is 2.89. The number of hydrogen-bond donors (Lipinski definition) is 4. The Morgan fingerprint density at radius 1 is 0.694 bits per heavy atom. The number of methoxy groups -OCH3 is 2. The molecule has 0 fully saturated rings. The Morgan fingerprint density at radius 3 is 1.47 bits per heavy atom. The second-order valence-corrected chi connectivity index (χ2v) is 7.26. The molecule has 0 aliphatic rings. The smallest absolute Gasteiger partial charge is 0.356 e. The van der Waals surface area contributed by atoms with Crippen LogP contribution < -0.4 is 20.1 Å². The van der Waals surface area contributed by atoms with E-state index in [9.17, 15) is 19.8 Å². The van der Waals surface area contributed by atoms with Crippen LogP contribution in [0.25, 0.3) is 11.1 Å². The summed E-state index contributed by atoms with van der Waals surface area (Å²) < 4.78 is 11.0. The van der Waals surface area contributed by atoms with Crippen LogP contribution in [0.15, 0.2) is 61.4 Å². The number of carbonyl (C=O) groups is 2. The molecule has 2 aromatic heterocycles. The number of nitrogens with one attached hydrogen (secondary N) is 2. The molecule has 0 unspecified atom stereocenters. The number of rotatable bonds is 9. The van der Waals surface area contributed by atoms with Gasteiger partial charge in [-0.3, -0.25) is 0 Å². The predicted molar refractivity (Wildman–Crippen MR) is 130 cm³/mol. The van der Waals surface area contributed by atoms with Crippen LogP contribution in [0.4, 0.5) is 22.7 Å². The van der Waals surface area contributed by atoms with Crippen LogP contribution in [0.1, 0.15) is 21.0 Å². The summed E-state index contributed by atoms with van der Waals surface area (Å²) in [5.41, 5.74) is 2.73. The van der Waals surface area contributed by atoms with Crippen LogP contribution in [0.5, 0.6) is 11.5 Å². The lowest BCUT2D eigenvalue weighted by molar-refractivity contribution is 0.0680. The van der Waals surface area contributed by atoms with Crippen molar-refractivity contribution in [3.8, 4) is 22.6 Å². The van der Waals surface area contributed by atoms with Crippen molar-refractivity contribution in [3.63, 3.8) is 0 Å². The van der Waals surface area contributed by atoms with E-state index in [-0.39, 0.29) is 22.8 Å². The highest BCUT2D eigenvalue weighted by Gasteiger charge is 2.16. The third-order valence-electron chi connectivity index (χ3n) is 5.10. The summed E-state index contributed by atoms with van der Waals surface area (Å²) in [5.74, 6) is -1.45. The van der Waals surface area contributed by atoms with Crippen molar-refractivity contribution >= 4 is 34.7 Å². The van der Waals surface area contributed by atoms with Gasteiger partial charge in [0.25, 0.3) is 0 Å². The summed E-state index contributed by atoms with van der Waals surface area (Å²) in [6, 6.07) is 10.7. The normalized spacial score (nSPS) is 10.4. The Morgan fingerprint density at radius 2 is 1.11 bits per heavy atom. The molecule has 12 heteroatoms. The lowest BCUT2D eigenvalue weighted by Crippen LogP contribution is -2.07. The van der Waals surface area contributed by atoms with Crippen LogP contribution in [0, 0.1) is 0 Å². The highest BCUT2D eigenvalue weighted by Crippen LogP contribution is 2.37. The third-order valence-corrected chi connectivity index (χ3v) is 5.10. The van der Waals surface area contributed by atoms with E-state index in [4.69, 9.17) is 9.47 Å². The number of ether oxygens (including phenoxy) is 2. The van der Waals surface area contributed by atoms with Crippen LogP contribution in [0.2, 0.25) is 0 Å². The summed E-state index contributed by atoms with van der Waals surface area (Å²) >= 11 is 0. The van der Waals surface area contributed by atoms with Gasteiger partial charge in [0.2, 0.25) is 0 Å². The first kappa shape index (κ1) is 23.9. The van der Waals surface area contributed by atoms with Gasteiger partial charge in [-0.15, -0.1) is 0 Å². The first-order chi connectivity index (χ1) is 17.4. The van der Waals surface area contributed by atoms with Crippen LogP contribution in [-0.2, 0) is 0 Å². The van der Waals surface area contributed by atoms with Gasteiger partial charge in [-0.2, -0.15) is 0 Å². The van der Waals surface area contributed by atoms with E-state index in [0.29, 0.717) is 22.9 Å². The van der Waals surface area contributed by atoms with Crippen molar-refractivity contribution < 1.29 is 29.3 Å². The third kappa shape index (κ3) is 4.97. The Balaban J connectivity index is 1.64.